The van der Waals surface area contributed by atoms with Crippen molar-refractivity contribution in [2.75, 3.05) is 6.61 Å². The van der Waals surface area contributed by atoms with Crippen molar-refractivity contribution in [3.63, 3.8) is 0 Å². The zero-order valence-electron chi connectivity index (χ0n) is 11.6. The smallest absolute Gasteiger partial charge is 0.876 e. The number of carbonyl (C=O) groups excluding carboxylic acids is 1. The number of esters is 1. The summed E-state index contributed by atoms with van der Waals surface area (Å²) in [6.07, 6.45) is 6.25. The Kier molecular flexibility index (Phi) is 14.3. The van der Waals surface area contributed by atoms with Crippen molar-refractivity contribution in [2.24, 2.45) is 0 Å². The number of hydrogen-bond acceptors (Lipinski definition) is 4. The average Bonchev–Trinajstić information content (AvgIpc) is 2.38. The third-order valence-corrected chi connectivity index (χ3v) is 2.35. The number of ether oxygens (including phenoxy) is 1. The first-order valence-electron chi connectivity index (χ1n) is 6.03. The quantitative estimate of drug-likeness (QED) is 0.107. The molecule has 98 valence electrons. The summed E-state index contributed by atoms with van der Waals surface area (Å²) in [4.78, 5) is 13.8. The Bertz CT molecular complexity index is 364. The van der Waals surface area contributed by atoms with Crippen molar-refractivity contribution < 1.29 is 44.2 Å². The van der Waals surface area contributed by atoms with Crippen LogP contribution in [0.4, 0.5) is 0 Å². The molecule has 0 aromatic rings. The molecule has 0 unspecified atom stereocenters. The van der Waals surface area contributed by atoms with E-state index in [4.69, 9.17) is 16.6 Å². The molecule has 0 aliphatic carbocycles. The van der Waals surface area contributed by atoms with Gasteiger partial charge in [-0.1, -0.05) is 39.0 Å². The van der Waals surface area contributed by atoms with Crippen molar-refractivity contribution in [1.29, 1.82) is 5.26 Å². The predicted molar refractivity (Wildman–Crippen MR) is 63.6 cm³/mol. The molecule has 0 saturated carbocycles. The number of nitrogens with zero attached hydrogens (tertiary/aromatic N) is 2. The molecule has 0 N–H and O–H groups in total. The molecule has 0 fully saturated rings. The minimum atomic E-state index is -1.15. The second-order valence-corrected chi connectivity index (χ2v) is 3.81. The second kappa shape index (κ2) is 13.4. The minimum absolute atomic E-state index is 0. The van der Waals surface area contributed by atoms with Crippen LogP contribution in [0.15, 0.2) is 11.5 Å². The van der Waals surface area contributed by atoms with E-state index in [-0.39, 0.29) is 36.2 Å². The van der Waals surface area contributed by atoms with Crippen LogP contribution >= 0.6 is 0 Å². The molecule has 0 heterocycles. The third-order valence-electron chi connectivity index (χ3n) is 2.35. The first kappa shape index (κ1) is 20.3. The van der Waals surface area contributed by atoms with Gasteiger partial charge in [-0.15, -0.1) is 0 Å². The molecular weight excluding hydrogens is 255 g/mol. The van der Waals surface area contributed by atoms with Gasteiger partial charge in [0.2, 0.25) is 0 Å². The summed E-state index contributed by atoms with van der Waals surface area (Å²) < 4.78 is 4.69. The second-order valence-electron chi connectivity index (χ2n) is 3.81. The first-order valence-corrected chi connectivity index (χ1v) is 6.03. The Morgan fingerprint density at radius 3 is 2.42 bits per heavy atom. The van der Waals surface area contributed by atoms with Gasteiger partial charge in [-0.25, -0.2) is 14.9 Å². The summed E-state index contributed by atoms with van der Waals surface area (Å²) in [6.45, 7) is 8.82. The van der Waals surface area contributed by atoms with Crippen LogP contribution in [0.3, 0.4) is 0 Å². The van der Waals surface area contributed by atoms with Gasteiger partial charge in [0, 0.05) is 0 Å². The van der Waals surface area contributed by atoms with Gasteiger partial charge in [-0.2, -0.15) is 0 Å². The summed E-state index contributed by atoms with van der Waals surface area (Å²) in [7, 11) is 0. The molecule has 0 aromatic heterocycles. The molecule has 0 aromatic carbocycles. The third kappa shape index (κ3) is 9.55. The zero-order valence-corrected chi connectivity index (χ0v) is 13.6. The summed E-state index contributed by atoms with van der Waals surface area (Å²) in [5.41, 5.74) is -0.747. The summed E-state index contributed by atoms with van der Waals surface area (Å²) >= 11 is 0. The Morgan fingerprint density at radius 2 is 1.89 bits per heavy atom. The SMILES string of the molecule is [C-]#[N+]C(C#N)=C([O-])C(=O)OCCCCCCCC.[Na+]. The number of hydrogen-bond donors (Lipinski definition) is 0. The summed E-state index contributed by atoms with van der Waals surface area (Å²) in [5, 5.41) is 19.6. The van der Waals surface area contributed by atoms with Gasteiger partial charge in [0.1, 0.15) is 0 Å². The van der Waals surface area contributed by atoms with Gasteiger partial charge in [-0.3, -0.25) is 0 Å². The van der Waals surface area contributed by atoms with E-state index in [1.165, 1.54) is 18.9 Å². The molecule has 0 aliphatic rings. The Hall–Kier alpha value is -1.01. The molecule has 0 spiro atoms. The van der Waals surface area contributed by atoms with Gasteiger partial charge < -0.3 is 9.84 Å². The molecule has 0 aliphatic heterocycles. The number of unbranched alkanes of at least 4 members (excludes halogenated alkanes) is 5. The van der Waals surface area contributed by atoms with Crippen LogP contribution in [0.5, 0.6) is 0 Å². The Balaban J connectivity index is 0. The normalized spacial score (nSPS) is 10.5. The van der Waals surface area contributed by atoms with Crippen molar-refractivity contribution in [3.8, 4) is 6.07 Å². The minimum Gasteiger partial charge on any atom is -0.876 e. The average molecular weight is 272 g/mol. The molecule has 0 rings (SSSR count). The van der Waals surface area contributed by atoms with Crippen LogP contribution in [-0.4, -0.2) is 12.6 Å². The molecule has 0 radical (unpaired) electrons. The van der Waals surface area contributed by atoms with E-state index in [0.29, 0.717) is 6.42 Å². The zero-order chi connectivity index (χ0) is 13.8. The maximum absolute atomic E-state index is 11.2. The van der Waals surface area contributed by atoms with Crippen molar-refractivity contribution in [2.45, 2.75) is 45.4 Å². The largest absolute Gasteiger partial charge is 1.00 e. The molecular formula is C13H17N2NaO3. The van der Waals surface area contributed by atoms with Crippen LogP contribution in [-0.2, 0) is 9.53 Å². The van der Waals surface area contributed by atoms with Crippen molar-refractivity contribution in [3.05, 3.63) is 22.9 Å². The van der Waals surface area contributed by atoms with E-state index >= 15 is 0 Å². The summed E-state index contributed by atoms with van der Waals surface area (Å²) in [5.74, 6) is -2.27. The molecule has 6 heteroatoms. The molecule has 0 bridgehead atoms. The van der Waals surface area contributed by atoms with E-state index < -0.39 is 17.4 Å². The molecule has 5 nitrogen and oxygen atoms in total. The number of carbonyl (C=O) groups is 1. The fraction of sp³-hybridized carbons (Fsp3) is 0.615. The maximum atomic E-state index is 11.2. The van der Waals surface area contributed by atoms with Gasteiger partial charge in [0.25, 0.3) is 5.70 Å². The van der Waals surface area contributed by atoms with E-state index in [0.717, 1.165) is 19.3 Å². The number of rotatable bonds is 8. The van der Waals surface area contributed by atoms with E-state index in [1.807, 2.05) is 0 Å². The predicted octanol–water partition coefficient (Wildman–Crippen LogP) is -1.09. The van der Waals surface area contributed by atoms with Gasteiger partial charge >= 0.3 is 35.5 Å². The van der Waals surface area contributed by atoms with Crippen LogP contribution in [0.2, 0.25) is 0 Å². The maximum Gasteiger partial charge on any atom is 1.00 e. The van der Waals surface area contributed by atoms with Crippen LogP contribution in [0, 0.1) is 17.9 Å². The Labute approximate surface area is 136 Å². The fourth-order valence-corrected chi connectivity index (χ4v) is 1.34. The van der Waals surface area contributed by atoms with Crippen molar-refractivity contribution >= 4 is 5.97 Å². The van der Waals surface area contributed by atoms with Gasteiger partial charge in [0.05, 0.1) is 19.2 Å². The van der Waals surface area contributed by atoms with Crippen molar-refractivity contribution in [1.82, 2.24) is 0 Å². The monoisotopic (exact) mass is 272 g/mol. The number of allylic oxidation sites excluding steroid dienone is 1. The van der Waals surface area contributed by atoms with E-state index in [2.05, 4.69) is 11.8 Å². The summed E-state index contributed by atoms with van der Waals surface area (Å²) in [6, 6.07) is 1.37. The van der Waals surface area contributed by atoms with Crippen LogP contribution in [0.25, 0.3) is 4.85 Å². The molecule has 0 atom stereocenters. The molecule has 19 heavy (non-hydrogen) atoms. The first-order chi connectivity index (χ1) is 8.67. The van der Waals surface area contributed by atoms with Crippen LogP contribution < -0.4 is 34.7 Å². The standard InChI is InChI=1S/C13H18N2O3.Na/c1-3-4-5-6-7-8-9-18-13(17)12(16)11(10-14)15-2;/h16H,3-9H2,1H3;/q;+1/p-1. The van der Waals surface area contributed by atoms with Gasteiger partial charge in [0.15, 0.2) is 0 Å². The van der Waals surface area contributed by atoms with E-state index in [9.17, 15) is 9.90 Å². The molecule has 0 amide bonds. The van der Waals surface area contributed by atoms with Crippen LogP contribution in [0.1, 0.15) is 45.4 Å². The topological polar surface area (TPSA) is 77.5 Å². The number of nitriles is 1. The molecule has 0 saturated heterocycles. The van der Waals surface area contributed by atoms with E-state index in [1.54, 1.807) is 0 Å². The Morgan fingerprint density at radius 1 is 1.32 bits per heavy atom. The fourth-order valence-electron chi connectivity index (χ4n) is 1.34. The van der Waals surface area contributed by atoms with Gasteiger partial charge in [-0.05, 0) is 12.2 Å².